The summed E-state index contributed by atoms with van der Waals surface area (Å²) in [6.07, 6.45) is -1.99. The molecule has 4 aromatic carbocycles. The molecular formula is C34H32N2O6. The minimum Gasteiger partial charge on any atom is -0.489 e. The first-order valence-corrected chi connectivity index (χ1v) is 13.8. The van der Waals surface area contributed by atoms with Crippen molar-refractivity contribution in [3.05, 3.63) is 138 Å². The van der Waals surface area contributed by atoms with Gasteiger partial charge >= 0.3 is 12.2 Å². The van der Waals surface area contributed by atoms with E-state index in [0.717, 1.165) is 21.6 Å². The lowest BCUT2D eigenvalue weighted by Crippen LogP contribution is -2.44. The molecule has 8 nitrogen and oxygen atoms in total. The number of benzene rings is 4. The van der Waals surface area contributed by atoms with Crippen LogP contribution in [0.25, 0.3) is 0 Å². The predicted octanol–water partition coefficient (Wildman–Crippen LogP) is 6.38. The molecule has 1 fully saturated rings. The highest BCUT2D eigenvalue weighted by Crippen LogP contribution is 2.35. The number of hydrogen-bond acceptors (Lipinski definition) is 6. The zero-order chi connectivity index (χ0) is 29.3. The topological polar surface area (TPSA) is 94.2 Å². The highest BCUT2D eigenvalue weighted by molar-refractivity contribution is 5.97. The van der Waals surface area contributed by atoms with Crippen LogP contribution >= 0.6 is 0 Å². The third-order valence-electron chi connectivity index (χ3n) is 7.13. The van der Waals surface area contributed by atoms with Crippen LogP contribution in [-0.2, 0) is 27.5 Å². The number of cyclic esters (lactones) is 1. The second-order valence-electron chi connectivity index (χ2n) is 10.0. The Bertz CT molecular complexity index is 1480. The van der Waals surface area contributed by atoms with Crippen molar-refractivity contribution in [1.29, 1.82) is 0 Å². The molecule has 1 saturated heterocycles. The maximum absolute atomic E-state index is 13.9. The summed E-state index contributed by atoms with van der Waals surface area (Å²) >= 11 is 0. The molecule has 1 aliphatic rings. The second kappa shape index (κ2) is 13.5. The summed E-state index contributed by atoms with van der Waals surface area (Å²) in [6.45, 7) is 2.19. The van der Waals surface area contributed by atoms with Crippen LogP contribution in [0, 0.1) is 0 Å². The van der Waals surface area contributed by atoms with Gasteiger partial charge in [0.25, 0.3) is 0 Å². The Morgan fingerprint density at radius 1 is 0.810 bits per heavy atom. The lowest BCUT2D eigenvalue weighted by molar-refractivity contribution is -0.130. The molecule has 42 heavy (non-hydrogen) atoms. The summed E-state index contributed by atoms with van der Waals surface area (Å²) in [5.41, 5.74) is 3.28. The summed E-state index contributed by atoms with van der Waals surface area (Å²) in [5, 5.41) is 2.70. The van der Waals surface area contributed by atoms with Crippen molar-refractivity contribution in [3.8, 4) is 5.75 Å². The minimum atomic E-state index is -0.873. The van der Waals surface area contributed by atoms with E-state index < -0.39 is 36.2 Å². The Morgan fingerprint density at radius 3 is 2.00 bits per heavy atom. The first-order valence-electron chi connectivity index (χ1n) is 13.8. The van der Waals surface area contributed by atoms with Crippen LogP contribution < -0.4 is 10.1 Å². The van der Waals surface area contributed by atoms with Gasteiger partial charge < -0.3 is 19.5 Å². The van der Waals surface area contributed by atoms with Crippen LogP contribution in [-0.4, -0.2) is 35.6 Å². The van der Waals surface area contributed by atoms with E-state index in [1.807, 2.05) is 91.0 Å². The number of carbonyl (C=O) groups excluding carboxylic acids is 3. The predicted molar refractivity (Wildman–Crippen MR) is 157 cm³/mol. The smallest absolute Gasteiger partial charge is 0.417 e. The fraction of sp³-hybridized carbons (Fsp3) is 0.206. The largest absolute Gasteiger partial charge is 0.489 e. The van der Waals surface area contributed by atoms with E-state index in [1.165, 1.54) is 0 Å². The van der Waals surface area contributed by atoms with Crippen molar-refractivity contribution in [2.75, 3.05) is 6.54 Å². The average Bonchev–Trinajstić information content (AvgIpc) is 3.34. The maximum atomic E-state index is 13.9. The number of carbonyl (C=O) groups is 3. The third kappa shape index (κ3) is 6.96. The molecule has 0 aromatic heterocycles. The number of alkyl carbamates (subject to hydrolysis) is 1. The number of amides is 3. The van der Waals surface area contributed by atoms with Crippen molar-refractivity contribution in [3.63, 3.8) is 0 Å². The van der Waals surface area contributed by atoms with Crippen LogP contribution in [0.5, 0.6) is 5.75 Å². The van der Waals surface area contributed by atoms with Gasteiger partial charge in [0.05, 0.1) is 12.0 Å². The van der Waals surface area contributed by atoms with Crippen molar-refractivity contribution >= 4 is 18.1 Å². The first-order chi connectivity index (χ1) is 20.5. The second-order valence-corrected chi connectivity index (χ2v) is 10.0. The van der Waals surface area contributed by atoms with Gasteiger partial charge in [-0.15, -0.1) is 0 Å². The molecule has 3 atom stereocenters. The van der Waals surface area contributed by atoms with E-state index in [4.69, 9.17) is 14.2 Å². The molecule has 1 aliphatic heterocycles. The molecule has 1 N–H and O–H groups in total. The van der Waals surface area contributed by atoms with E-state index in [-0.39, 0.29) is 13.2 Å². The Morgan fingerprint density at radius 2 is 1.38 bits per heavy atom. The van der Waals surface area contributed by atoms with Gasteiger partial charge in [-0.25, -0.2) is 14.5 Å². The lowest BCUT2D eigenvalue weighted by atomic mass is 9.95. The Balaban J connectivity index is 1.31. The van der Waals surface area contributed by atoms with Crippen LogP contribution in [0.4, 0.5) is 9.59 Å². The van der Waals surface area contributed by atoms with Gasteiger partial charge in [0.1, 0.15) is 25.1 Å². The summed E-state index contributed by atoms with van der Waals surface area (Å²) in [5.74, 6) is -0.726. The number of imide groups is 1. The van der Waals surface area contributed by atoms with Gasteiger partial charge in [0, 0.05) is 6.54 Å². The number of nitrogens with one attached hydrogen (secondary N) is 1. The van der Waals surface area contributed by atoms with Crippen LogP contribution in [0.3, 0.4) is 0 Å². The molecule has 5 rings (SSSR count). The molecule has 214 valence electrons. The van der Waals surface area contributed by atoms with E-state index in [1.54, 1.807) is 31.2 Å². The Hall–Kier alpha value is -5.11. The zero-order valence-corrected chi connectivity index (χ0v) is 23.2. The van der Waals surface area contributed by atoms with Crippen molar-refractivity contribution in [1.82, 2.24) is 10.2 Å². The summed E-state index contributed by atoms with van der Waals surface area (Å²) < 4.78 is 16.9. The molecule has 3 amide bonds. The molecule has 0 radical (unpaired) electrons. The molecule has 4 aromatic rings. The van der Waals surface area contributed by atoms with Gasteiger partial charge in [0.2, 0.25) is 5.91 Å². The van der Waals surface area contributed by atoms with E-state index >= 15 is 0 Å². The molecule has 0 saturated carbocycles. The van der Waals surface area contributed by atoms with Crippen LogP contribution in [0.1, 0.15) is 41.2 Å². The van der Waals surface area contributed by atoms with E-state index in [9.17, 15) is 14.4 Å². The van der Waals surface area contributed by atoms with Gasteiger partial charge in [-0.05, 0) is 41.3 Å². The summed E-state index contributed by atoms with van der Waals surface area (Å²) in [4.78, 5) is 40.6. The number of ether oxygens (including phenoxy) is 3. The molecule has 8 heteroatoms. The monoisotopic (exact) mass is 564 g/mol. The maximum Gasteiger partial charge on any atom is 0.417 e. The number of hydrogen-bond donors (Lipinski definition) is 1. The molecule has 0 aliphatic carbocycles. The number of nitrogens with zero attached hydrogens (tertiary/aromatic N) is 1. The first kappa shape index (κ1) is 28.4. The quantitative estimate of drug-likeness (QED) is 0.240. The fourth-order valence-electron chi connectivity index (χ4n) is 4.86. The van der Waals surface area contributed by atoms with E-state index in [2.05, 4.69) is 5.32 Å². The molecule has 0 bridgehead atoms. The third-order valence-corrected chi connectivity index (χ3v) is 7.13. The lowest BCUT2D eigenvalue weighted by Gasteiger charge is -2.25. The highest BCUT2D eigenvalue weighted by Gasteiger charge is 2.45. The normalized spacial score (nSPS) is 16.8. The average molecular weight is 565 g/mol. The molecule has 1 heterocycles. The van der Waals surface area contributed by atoms with Gasteiger partial charge in [0.15, 0.2) is 0 Å². The highest BCUT2D eigenvalue weighted by atomic mass is 16.6. The molecule has 0 spiro atoms. The van der Waals surface area contributed by atoms with Gasteiger partial charge in [-0.3, -0.25) is 4.79 Å². The zero-order valence-electron chi connectivity index (χ0n) is 23.2. The minimum absolute atomic E-state index is 0.0802. The van der Waals surface area contributed by atoms with Crippen molar-refractivity contribution in [2.45, 2.75) is 38.2 Å². The van der Waals surface area contributed by atoms with Crippen LogP contribution in [0.15, 0.2) is 115 Å². The number of rotatable bonds is 10. The fourth-order valence-corrected chi connectivity index (χ4v) is 4.86. The Labute approximate surface area is 244 Å². The van der Waals surface area contributed by atoms with Gasteiger partial charge in [-0.1, -0.05) is 103 Å². The SMILES string of the molecule is C[C@H]1[C@@H](c2ccccc2)OC(=O)N1C(=O)[C@H](CNC(=O)OCc1ccccc1)c1ccc(OCc2ccccc2)cc1. The summed E-state index contributed by atoms with van der Waals surface area (Å²) in [6, 6.07) is 34.9. The molecule has 0 unspecified atom stereocenters. The Kier molecular flexibility index (Phi) is 9.13. The molecular weight excluding hydrogens is 532 g/mol. The van der Waals surface area contributed by atoms with Crippen LogP contribution in [0.2, 0.25) is 0 Å². The van der Waals surface area contributed by atoms with E-state index in [0.29, 0.717) is 17.9 Å². The van der Waals surface area contributed by atoms with Gasteiger partial charge in [-0.2, -0.15) is 0 Å². The van der Waals surface area contributed by atoms with Crippen molar-refractivity contribution < 1.29 is 28.6 Å². The summed E-state index contributed by atoms with van der Waals surface area (Å²) in [7, 11) is 0. The standard InChI is InChI=1S/C34H32N2O6/c1-24-31(28-15-9-4-10-16-28)42-34(39)36(24)32(37)30(21-35-33(38)41-23-26-13-7-3-8-14-26)27-17-19-29(20-18-27)40-22-25-11-5-2-6-12-25/h2-20,24,30-31H,21-23H2,1H3,(H,35,38)/t24-,30+,31-/m0/s1. The van der Waals surface area contributed by atoms with Crippen molar-refractivity contribution in [2.24, 2.45) is 0 Å².